The van der Waals surface area contributed by atoms with Gasteiger partial charge in [0.2, 0.25) is 5.91 Å². The van der Waals surface area contributed by atoms with Crippen molar-refractivity contribution in [3.05, 3.63) is 77.1 Å². The van der Waals surface area contributed by atoms with Gasteiger partial charge in [0.1, 0.15) is 11.6 Å². The van der Waals surface area contributed by atoms with E-state index >= 15 is 0 Å². The molecule has 6 nitrogen and oxygen atoms in total. The Labute approximate surface area is 197 Å². The molecule has 0 atom stereocenters. The Kier molecular flexibility index (Phi) is 8.04. The average Bonchev–Trinajstić information content (AvgIpc) is 3.15. The lowest BCUT2D eigenvalue weighted by atomic mass is 10.1. The van der Waals surface area contributed by atoms with E-state index in [2.05, 4.69) is 22.1 Å². The summed E-state index contributed by atoms with van der Waals surface area (Å²) in [5.41, 5.74) is -0.00408. The number of ether oxygens (including phenoxy) is 1. The number of halogens is 4. The highest BCUT2D eigenvalue weighted by molar-refractivity contribution is 7.99. The number of methoxy groups -OCH3 is 1. The van der Waals surface area contributed by atoms with Gasteiger partial charge in [-0.15, -0.1) is 16.8 Å². The first-order valence-electron chi connectivity index (χ1n) is 9.66. The Hall–Kier alpha value is -2.98. The largest absolute Gasteiger partial charge is 0.497 e. The first kappa shape index (κ1) is 24.7. The average molecular weight is 497 g/mol. The Bertz CT molecular complexity index is 1130. The van der Waals surface area contributed by atoms with Crippen LogP contribution in [0.15, 0.2) is 60.3 Å². The second-order valence-electron chi connectivity index (χ2n) is 6.85. The molecule has 0 radical (unpaired) electrons. The van der Waals surface area contributed by atoms with Gasteiger partial charge in [-0.2, -0.15) is 13.2 Å². The molecule has 174 valence electrons. The van der Waals surface area contributed by atoms with E-state index in [4.69, 9.17) is 16.3 Å². The second-order valence-corrected chi connectivity index (χ2v) is 8.20. The first-order chi connectivity index (χ1) is 15.7. The Balaban J connectivity index is 1.68. The molecular weight excluding hydrogens is 477 g/mol. The van der Waals surface area contributed by atoms with Crippen molar-refractivity contribution >= 4 is 35.0 Å². The zero-order valence-electron chi connectivity index (χ0n) is 17.5. The number of rotatable bonds is 9. The van der Waals surface area contributed by atoms with Crippen LogP contribution < -0.4 is 10.1 Å². The van der Waals surface area contributed by atoms with Crippen molar-refractivity contribution in [3.63, 3.8) is 0 Å². The van der Waals surface area contributed by atoms with Crippen LogP contribution in [0.5, 0.6) is 5.75 Å². The van der Waals surface area contributed by atoms with Gasteiger partial charge in [0.15, 0.2) is 5.16 Å². The molecule has 0 unspecified atom stereocenters. The van der Waals surface area contributed by atoms with Gasteiger partial charge in [0.25, 0.3) is 0 Å². The quantitative estimate of drug-likeness (QED) is 0.314. The van der Waals surface area contributed by atoms with E-state index in [1.807, 2.05) is 28.8 Å². The summed E-state index contributed by atoms with van der Waals surface area (Å²) < 4.78 is 45.8. The smallest absolute Gasteiger partial charge is 0.416 e. The van der Waals surface area contributed by atoms with Crippen LogP contribution in [0.2, 0.25) is 5.02 Å². The number of nitrogens with zero attached hydrogens (tertiary/aromatic N) is 3. The molecule has 33 heavy (non-hydrogen) atoms. The Morgan fingerprint density at radius 1 is 1.24 bits per heavy atom. The normalized spacial score (nSPS) is 11.3. The summed E-state index contributed by atoms with van der Waals surface area (Å²) in [7, 11) is 1.59. The molecule has 1 N–H and O–H groups in total. The number of thioether (sulfide) groups is 1. The lowest BCUT2D eigenvalue weighted by Gasteiger charge is -2.12. The third-order valence-corrected chi connectivity index (χ3v) is 5.82. The highest BCUT2D eigenvalue weighted by Gasteiger charge is 2.31. The van der Waals surface area contributed by atoms with Gasteiger partial charge < -0.3 is 14.6 Å². The number of aromatic nitrogens is 3. The summed E-state index contributed by atoms with van der Waals surface area (Å²) in [4.78, 5) is 12.4. The van der Waals surface area contributed by atoms with Crippen molar-refractivity contribution in [2.75, 3.05) is 18.2 Å². The number of hydrogen-bond donors (Lipinski definition) is 1. The minimum atomic E-state index is -4.54. The molecule has 0 aliphatic rings. The second kappa shape index (κ2) is 10.8. The molecule has 2 aromatic carbocycles. The van der Waals surface area contributed by atoms with E-state index in [1.54, 1.807) is 13.2 Å². The number of hydrogen-bond acceptors (Lipinski definition) is 5. The zero-order chi connectivity index (χ0) is 24.0. The standard InChI is InChI=1S/C22H20ClF3N4O2S/c1-3-10-30-19(11-14-4-7-16(32-2)8-5-14)28-29-21(30)33-13-20(31)27-18-12-15(22(24,25)26)6-9-17(18)23/h3-9,12H,1,10-11,13H2,2H3,(H,27,31). The van der Waals surface area contributed by atoms with Gasteiger partial charge in [0, 0.05) is 13.0 Å². The molecule has 3 aromatic rings. The third kappa shape index (κ3) is 6.52. The fourth-order valence-electron chi connectivity index (χ4n) is 2.91. The van der Waals surface area contributed by atoms with Gasteiger partial charge in [-0.05, 0) is 35.9 Å². The topological polar surface area (TPSA) is 69.0 Å². The number of allylic oxidation sites excluding steroid dienone is 1. The van der Waals surface area contributed by atoms with Crippen molar-refractivity contribution < 1.29 is 22.7 Å². The van der Waals surface area contributed by atoms with Crippen LogP contribution in [-0.4, -0.2) is 33.5 Å². The fourth-order valence-corrected chi connectivity index (χ4v) is 3.84. The number of carbonyl (C=O) groups is 1. The molecule has 0 saturated carbocycles. The predicted octanol–water partition coefficient (Wildman–Crippen LogP) is 5.47. The van der Waals surface area contributed by atoms with Gasteiger partial charge in [-0.25, -0.2) is 0 Å². The minimum absolute atomic E-state index is 0.0120. The van der Waals surface area contributed by atoms with E-state index in [0.29, 0.717) is 23.9 Å². The van der Waals surface area contributed by atoms with Crippen LogP contribution in [-0.2, 0) is 23.9 Å². The van der Waals surface area contributed by atoms with Crippen LogP contribution in [0.25, 0.3) is 0 Å². The lowest BCUT2D eigenvalue weighted by molar-refractivity contribution is -0.137. The minimum Gasteiger partial charge on any atom is -0.497 e. The van der Waals surface area contributed by atoms with E-state index in [-0.39, 0.29) is 16.5 Å². The molecule has 3 rings (SSSR count). The van der Waals surface area contributed by atoms with E-state index in [0.717, 1.165) is 41.3 Å². The summed E-state index contributed by atoms with van der Waals surface area (Å²) in [6.45, 7) is 4.18. The van der Waals surface area contributed by atoms with Crippen molar-refractivity contribution in [3.8, 4) is 5.75 Å². The third-order valence-electron chi connectivity index (χ3n) is 4.53. The number of alkyl halides is 3. The maximum Gasteiger partial charge on any atom is 0.416 e. The highest BCUT2D eigenvalue weighted by Crippen LogP contribution is 2.34. The fraction of sp³-hybridized carbons (Fsp3) is 0.227. The van der Waals surface area contributed by atoms with Gasteiger partial charge in [0.05, 0.1) is 29.1 Å². The van der Waals surface area contributed by atoms with Gasteiger partial charge >= 0.3 is 6.18 Å². The maximum atomic E-state index is 12.9. The molecule has 1 amide bonds. The molecule has 0 spiro atoms. The zero-order valence-corrected chi connectivity index (χ0v) is 19.1. The molecule has 11 heteroatoms. The summed E-state index contributed by atoms with van der Waals surface area (Å²) in [6.07, 6.45) is -2.34. The Morgan fingerprint density at radius 3 is 2.61 bits per heavy atom. The molecule has 0 bridgehead atoms. The molecule has 0 saturated heterocycles. The van der Waals surface area contributed by atoms with Gasteiger partial charge in [-0.3, -0.25) is 4.79 Å². The summed E-state index contributed by atoms with van der Waals surface area (Å²) in [5.74, 6) is 0.814. The van der Waals surface area contributed by atoms with Crippen molar-refractivity contribution in [2.45, 2.75) is 24.3 Å². The van der Waals surface area contributed by atoms with Crippen LogP contribution in [0.3, 0.4) is 0 Å². The maximum absolute atomic E-state index is 12.9. The molecular formula is C22H20ClF3N4O2S. The molecule has 0 aliphatic heterocycles. The number of benzene rings is 2. The summed E-state index contributed by atoms with van der Waals surface area (Å²) in [5, 5.41) is 11.3. The first-order valence-corrected chi connectivity index (χ1v) is 11.0. The van der Waals surface area contributed by atoms with Crippen molar-refractivity contribution in [1.29, 1.82) is 0 Å². The summed E-state index contributed by atoms with van der Waals surface area (Å²) in [6, 6.07) is 10.3. The van der Waals surface area contributed by atoms with E-state index < -0.39 is 17.6 Å². The summed E-state index contributed by atoms with van der Waals surface area (Å²) >= 11 is 7.05. The monoisotopic (exact) mass is 496 g/mol. The highest BCUT2D eigenvalue weighted by atomic mass is 35.5. The van der Waals surface area contributed by atoms with Gasteiger partial charge in [-0.1, -0.05) is 41.6 Å². The van der Waals surface area contributed by atoms with Crippen LogP contribution >= 0.6 is 23.4 Å². The van der Waals surface area contributed by atoms with Crippen LogP contribution in [0.4, 0.5) is 18.9 Å². The van der Waals surface area contributed by atoms with Crippen molar-refractivity contribution in [1.82, 2.24) is 14.8 Å². The van der Waals surface area contributed by atoms with Crippen molar-refractivity contribution in [2.24, 2.45) is 0 Å². The van der Waals surface area contributed by atoms with Crippen LogP contribution in [0.1, 0.15) is 17.0 Å². The number of amides is 1. The molecule has 0 fully saturated rings. The molecule has 1 aromatic heterocycles. The number of nitrogens with one attached hydrogen (secondary N) is 1. The van der Waals surface area contributed by atoms with Crippen LogP contribution in [0, 0.1) is 0 Å². The lowest BCUT2D eigenvalue weighted by Crippen LogP contribution is -2.16. The molecule has 1 heterocycles. The van der Waals surface area contributed by atoms with E-state index in [9.17, 15) is 18.0 Å². The number of carbonyl (C=O) groups excluding carboxylic acids is 1. The molecule has 0 aliphatic carbocycles. The van der Waals surface area contributed by atoms with E-state index in [1.165, 1.54) is 0 Å². The predicted molar refractivity (Wildman–Crippen MR) is 122 cm³/mol. The Morgan fingerprint density at radius 2 is 1.97 bits per heavy atom. The number of anilines is 1. The SMILES string of the molecule is C=CCn1c(Cc2ccc(OC)cc2)nnc1SCC(=O)Nc1cc(C(F)(F)F)ccc1Cl.